The molecular weight excluding hydrogens is 396 g/mol. The number of halogens is 2. The van der Waals surface area contributed by atoms with Gasteiger partial charge in [-0.25, -0.2) is 8.78 Å². The topological polar surface area (TPSA) is 76.1 Å². The molecule has 1 aliphatic heterocycles. The largest absolute Gasteiger partial charge is 0.503 e. The number of nitrogens with zero attached hydrogens (tertiary/aromatic N) is 1. The lowest BCUT2D eigenvalue weighted by atomic mass is 9.94. The van der Waals surface area contributed by atoms with Crippen LogP contribution in [0.3, 0.4) is 0 Å². The number of anilines is 1. The van der Waals surface area contributed by atoms with E-state index in [2.05, 4.69) is 0 Å². The van der Waals surface area contributed by atoms with Gasteiger partial charge in [0.05, 0.1) is 25.3 Å². The summed E-state index contributed by atoms with van der Waals surface area (Å²) in [7, 11) is 1.47. The molecule has 30 heavy (non-hydrogen) atoms. The van der Waals surface area contributed by atoms with Crippen LogP contribution < -0.4 is 14.4 Å². The molecule has 0 aromatic heterocycles. The van der Waals surface area contributed by atoms with Gasteiger partial charge in [0.15, 0.2) is 34.7 Å². The highest BCUT2D eigenvalue weighted by atomic mass is 19.2. The van der Waals surface area contributed by atoms with E-state index in [1.54, 1.807) is 32.0 Å². The van der Waals surface area contributed by atoms with E-state index in [0.717, 1.165) is 17.0 Å². The molecule has 0 bridgehead atoms. The molecule has 8 heteroatoms. The molecule has 1 aliphatic rings. The Morgan fingerprint density at radius 2 is 1.83 bits per heavy atom. The van der Waals surface area contributed by atoms with Gasteiger partial charge in [0, 0.05) is 18.2 Å². The van der Waals surface area contributed by atoms with Crippen molar-refractivity contribution in [1.29, 1.82) is 0 Å². The smallest absolute Gasteiger partial charge is 0.294 e. The van der Waals surface area contributed by atoms with Gasteiger partial charge < -0.3 is 14.6 Å². The summed E-state index contributed by atoms with van der Waals surface area (Å²) in [6.45, 7) is 3.73. The molecule has 0 spiro atoms. The van der Waals surface area contributed by atoms with Gasteiger partial charge in [-0.2, -0.15) is 0 Å². The Hall–Kier alpha value is -3.42. The Bertz CT molecular complexity index is 1030. The van der Waals surface area contributed by atoms with Crippen LogP contribution in [0.4, 0.5) is 14.5 Å². The second-order valence-electron chi connectivity index (χ2n) is 6.56. The quantitative estimate of drug-likeness (QED) is 0.729. The summed E-state index contributed by atoms with van der Waals surface area (Å²) in [6.07, 6.45) is 0.0449. The van der Waals surface area contributed by atoms with Crippen LogP contribution in [0, 0.1) is 11.6 Å². The number of ketones is 1. The van der Waals surface area contributed by atoms with Gasteiger partial charge in [-0.3, -0.25) is 14.5 Å². The number of methoxy groups -OCH3 is 1. The second-order valence-corrected chi connectivity index (χ2v) is 6.56. The van der Waals surface area contributed by atoms with Gasteiger partial charge in [-0.1, -0.05) is 13.0 Å². The lowest BCUT2D eigenvalue weighted by Crippen LogP contribution is -2.31. The monoisotopic (exact) mass is 417 g/mol. The summed E-state index contributed by atoms with van der Waals surface area (Å²) in [4.78, 5) is 26.5. The number of carbonyl (C=O) groups excluding carboxylic acids is 2. The van der Waals surface area contributed by atoms with E-state index in [-0.39, 0.29) is 17.7 Å². The fourth-order valence-corrected chi connectivity index (χ4v) is 3.43. The van der Waals surface area contributed by atoms with Crippen molar-refractivity contribution in [1.82, 2.24) is 0 Å². The average molecular weight is 417 g/mol. The number of Topliss-reactive ketones (excluding diaryl/α,β-unsaturated/α-hetero) is 1. The molecule has 0 saturated heterocycles. The number of rotatable bonds is 7. The summed E-state index contributed by atoms with van der Waals surface area (Å²) in [6, 6.07) is 6.72. The van der Waals surface area contributed by atoms with Crippen molar-refractivity contribution in [2.45, 2.75) is 26.3 Å². The van der Waals surface area contributed by atoms with Crippen LogP contribution in [0.15, 0.2) is 47.7 Å². The van der Waals surface area contributed by atoms with Gasteiger partial charge in [0.25, 0.3) is 5.91 Å². The maximum absolute atomic E-state index is 13.9. The maximum atomic E-state index is 13.9. The van der Waals surface area contributed by atoms with Gasteiger partial charge >= 0.3 is 0 Å². The Balaban J connectivity index is 2.21. The highest BCUT2D eigenvalue weighted by Gasteiger charge is 2.44. The van der Waals surface area contributed by atoms with Gasteiger partial charge in [0.1, 0.15) is 0 Å². The zero-order valence-electron chi connectivity index (χ0n) is 16.7. The maximum Gasteiger partial charge on any atom is 0.294 e. The molecule has 2 aromatic carbocycles. The molecule has 6 nitrogen and oxygen atoms in total. The standard InChI is InChI=1S/C22H21F2NO5/c1-4-16(26)19-20(12-6-9-17(29-3)18(10-12)30-5-2)25(22(28)21(19)27)13-7-8-14(23)15(24)11-13/h6-11,20,27H,4-5H2,1-3H3. The number of hydrogen-bond donors (Lipinski definition) is 1. The van der Waals surface area contributed by atoms with Crippen LogP contribution in [0.25, 0.3) is 0 Å². The average Bonchev–Trinajstić information content (AvgIpc) is 3.00. The molecule has 1 heterocycles. The predicted molar refractivity (Wildman–Crippen MR) is 106 cm³/mol. The van der Waals surface area contributed by atoms with Crippen LogP contribution in [-0.2, 0) is 9.59 Å². The normalized spacial score (nSPS) is 16.2. The number of carbonyl (C=O) groups is 2. The zero-order chi connectivity index (χ0) is 22.0. The first kappa shape index (κ1) is 21.3. The Morgan fingerprint density at radius 3 is 2.43 bits per heavy atom. The zero-order valence-corrected chi connectivity index (χ0v) is 16.7. The Kier molecular flexibility index (Phi) is 6.05. The van der Waals surface area contributed by atoms with E-state index < -0.39 is 35.1 Å². The second kappa shape index (κ2) is 8.52. The van der Waals surface area contributed by atoms with E-state index >= 15 is 0 Å². The van der Waals surface area contributed by atoms with Crippen molar-refractivity contribution in [2.24, 2.45) is 0 Å². The first-order valence-electron chi connectivity index (χ1n) is 9.39. The summed E-state index contributed by atoms with van der Waals surface area (Å²) >= 11 is 0. The third-order valence-electron chi connectivity index (χ3n) is 4.81. The first-order valence-corrected chi connectivity index (χ1v) is 9.39. The molecule has 1 atom stereocenters. The molecule has 0 fully saturated rings. The molecule has 3 rings (SSSR count). The minimum Gasteiger partial charge on any atom is -0.503 e. The highest BCUT2D eigenvalue weighted by Crippen LogP contribution is 2.43. The minimum atomic E-state index is -1.15. The summed E-state index contributed by atoms with van der Waals surface area (Å²) in [5, 5.41) is 10.5. The number of ether oxygens (including phenoxy) is 2. The molecule has 0 aliphatic carbocycles. The number of amides is 1. The summed E-state index contributed by atoms with van der Waals surface area (Å²) in [5.41, 5.74) is 0.334. The lowest BCUT2D eigenvalue weighted by Gasteiger charge is -2.27. The molecule has 1 unspecified atom stereocenters. The lowest BCUT2D eigenvalue weighted by molar-refractivity contribution is -0.118. The molecule has 2 aromatic rings. The third kappa shape index (κ3) is 3.60. The van der Waals surface area contributed by atoms with Crippen LogP contribution in [0.1, 0.15) is 31.9 Å². The van der Waals surface area contributed by atoms with E-state index in [1.807, 2.05) is 0 Å². The van der Waals surface area contributed by atoms with Gasteiger partial charge in [0.2, 0.25) is 0 Å². The van der Waals surface area contributed by atoms with Crippen molar-refractivity contribution < 1.29 is 33.0 Å². The highest BCUT2D eigenvalue weighted by molar-refractivity contribution is 6.16. The van der Waals surface area contributed by atoms with Crippen molar-refractivity contribution in [3.05, 3.63) is 64.9 Å². The van der Waals surface area contributed by atoms with Crippen LogP contribution in [0.5, 0.6) is 11.5 Å². The fraction of sp³-hybridized carbons (Fsp3) is 0.273. The predicted octanol–water partition coefficient (Wildman–Crippen LogP) is 4.25. The van der Waals surface area contributed by atoms with Crippen molar-refractivity contribution in [3.8, 4) is 11.5 Å². The Morgan fingerprint density at radius 1 is 1.10 bits per heavy atom. The van der Waals surface area contributed by atoms with Crippen LogP contribution >= 0.6 is 0 Å². The van der Waals surface area contributed by atoms with Crippen LogP contribution in [0.2, 0.25) is 0 Å². The SMILES string of the molecule is CCOc1cc(C2C(C(=O)CC)=C(O)C(=O)N2c2ccc(F)c(F)c2)ccc1OC. The van der Waals surface area contributed by atoms with Gasteiger partial charge in [-0.15, -0.1) is 0 Å². The summed E-state index contributed by atoms with van der Waals surface area (Å²) < 4.78 is 38.2. The third-order valence-corrected chi connectivity index (χ3v) is 4.81. The number of hydrogen-bond acceptors (Lipinski definition) is 5. The molecule has 0 saturated carbocycles. The summed E-state index contributed by atoms with van der Waals surface area (Å²) in [5.74, 6) is -3.44. The number of benzene rings is 2. The number of aliphatic hydroxyl groups is 1. The molecule has 1 N–H and O–H groups in total. The van der Waals surface area contributed by atoms with Crippen LogP contribution in [-0.4, -0.2) is 30.5 Å². The van der Waals surface area contributed by atoms with E-state index in [1.165, 1.54) is 13.2 Å². The Labute approximate surface area is 172 Å². The van der Waals surface area contributed by atoms with E-state index in [4.69, 9.17) is 9.47 Å². The van der Waals surface area contributed by atoms with Crippen molar-refractivity contribution in [2.75, 3.05) is 18.6 Å². The first-order chi connectivity index (χ1) is 14.3. The minimum absolute atomic E-state index is 0.00290. The van der Waals surface area contributed by atoms with E-state index in [0.29, 0.717) is 23.7 Å². The molecular formula is C22H21F2NO5. The molecule has 1 amide bonds. The van der Waals surface area contributed by atoms with Crippen molar-refractivity contribution >= 4 is 17.4 Å². The fourth-order valence-electron chi connectivity index (χ4n) is 3.43. The molecule has 158 valence electrons. The molecule has 0 radical (unpaired) electrons. The number of aliphatic hydroxyl groups excluding tert-OH is 1. The van der Waals surface area contributed by atoms with Gasteiger partial charge in [-0.05, 0) is 36.8 Å². The van der Waals surface area contributed by atoms with Crippen molar-refractivity contribution in [3.63, 3.8) is 0 Å². The van der Waals surface area contributed by atoms with E-state index in [9.17, 15) is 23.5 Å².